The van der Waals surface area contributed by atoms with E-state index in [1.165, 1.54) is 60.0 Å². The molecule has 0 aliphatic heterocycles. The van der Waals surface area contributed by atoms with Crippen LogP contribution in [0.25, 0.3) is 6.08 Å². The van der Waals surface area contributed by atoms with Gasteiger partial charge in [0.25, 0.3) is 0 Å². The van der Waals surface area contributed by atoms with E-state index in [1.54, 1.807) is 0 Å². The largest absolute Gasteiger partial charge is 0.371 e. The molecule has 2 aromatic carbocycles. The molecule has 1 nitrogen and oxygen atoms in total. The predicted molar refractivity (Wildman–Crippen MR) is 122 cm³/mol. The monoisotopic (exact) mass is 363 g/mol. The van der Waals surface area contributed by atoms with Gasteiger partial charge in [-0.1, -0.05) is 76.2 Å². The first kappa shape index (κ1) is 21.3. The zero-order valence-electron chi connectivity index (χ0n) is 17.6. The van der Waals surface area contributed by atoms with Crippen LogP contribution in [0.3, 0.4) is 0 Å². The Hall–Kier alpha value is -2.02. The van der Waals surface area contributed by atoms with Gasteiger partial charge in [-0.15, -0.1) is 0 Å². The third-order valence-corrected chi connectivity index (χ3v) is 5.33. The van der Waals surface area contributed by atoms with E-state index in [9.17, 15) is 0 Å². The van der Waals surface area contributed by atoms with Gasteiger partial charge in [-0.2, -0.15) is 0 Å². The lowest BCUT2D eigenvalue weighted by atomic mass is 9.97. The van der Waals surface area contributed by atoms with E-state index in [1.807, 2.05) is 6.08 Å². The minimum absolute atomic E-state index is 1.09. The van der Waals surface area contributed by atoms with Gasteiger partial charge in [-0.05, 0) is 66.8 Å². The quantitative estimate of drug-likeness (QED) is 0.389. The molecule has 27 heavy (non-hydrogen) atoms. The van der Waals surface area contributed by atoms with Crippen LogP contribution in [0.4, 0.5) is 5.69 Å². The van der Waals surface area contributed by atoms with Gasteiger partial charge in [0, 0.05) is 18.8 Å². The molecular weight excluding hydrogens is 326 g/mol. The first-order valence-electron chi connectivity index (χ1n) is 10.8. The Morgan fingerprint density at radius 3 is 2.37 bits per heavy atom. The number of aryl methyl sites for hydroxylation is 3. The number of hydrogen-bond acceptors (Lipinski definition) is 1. The van der Waals surface area contributed by atoms with E-state index in [2.05, 4.69) is 74.7 Å². The molecule has 146 valence electrons. The molecule has 0 saturated heterocycles. The number of para-hydroxylation sites is 1. The Labute approximate surface area is 167 Å². The summed E-state index contributed by atoms with van der Waals surface area (Å²) < 4.78 is 0. The Morgan fingerprint density at radius 2 is 1.67 bits per heavy atom. The average molecular weight is 364 g/mol. The van der Waals surface area contributed by atoms with Crippen LogP contribution in [-0.4, -0.2) is 13.1 Å². The molecule has 0 unspecified atom stereocenters. The van der Waals surface area contributed by atoms with Crippen molar-refractivity contribution in [1.82, 2.24) is 0 Å². The second kappa shape index (κ2) is 11.6. The molecule has 2 aromatic rings. The summed E-state index contributed by atoms with van der Waals surface area (Å²) in [5.74, 6) is 0. The van der Waals surface area contributed by atoms with Gasteiger partial charge in [0.05, 0.1) is 0 Å². The fraction of sp³-hybridized carbons (Fsp3) is 0.462. The van der Waals surface area contributed by atoms with Gasteiger partial charge in [-0.25, -0.2) is 0 Å². The summed E-state index contributed by atoms with van der Waals surface area (Å²) >= 11 is 0. The summed E-state index contributed by atoms with van der Waals surface area (Å²) in [6.45, 7) is 13.1. The van der Waals surface area contributed by atoms with Crippen LogP contribution in [0.1, 0.15) is 68.7 Å². The number of hydrogen-bond donors (Lipinski definition) is 0. The zero-order valence-corrected chi connectivity index (χ0v) is 17.6. The van der Waals surface area contributed by atoms with Crippen LogP contribution in [0, 0.1) is 0 Å². The lowest BCUT2D eigenvalue weighted by Gasteiger charge is -2.27. The topological polar surface area (TPSA) is 3.24 Å². The summed E-state index contributed by atoms with van der Waals surface area (Å²) in [4.78, 5) is 2.57. The van der Waals surface area contributed by atoms with Crippen molar-refractivity contribution in [3.05, 3.63) is 71.3 Å². The molecule has 0 radical (unpaired) electrons. The van der Waals surface area contributed by atoms with Crippen LogP contribution in [0.2, 0.25) is 0 Å². The molecule has 0 saturated carbocycles. The summed E-state index contributed by atoms with van der Waals surface area (Å²) in [7, 11) is 0. The molecule has 0 N–H and O–H groups in total. The van der Waals surface area contributed by atoms with Crippen molar-refractivity contribution in [2.45, 2.75) is 65.7 Å². The fourth-order valence-electron chi connectivity index (χ4n) is 3.80. The lowest BCUT2D eigenvalue weighted by molar-refractivity contribution is 0.710. The molecule has 1 heteroatoms. The van der Waals surface area contributed by atoms with E-state index < -0.39 is 0 Å². The standard InChI is InChI=1S/C26H37N/c1-5-9-13-22-17-18-25(24(8-4)21-22)15-12-20-27(19-6-2)26-16-11-10-14-23(26)7-3/h8,10-11,14,16-18,21H,4-7,9,12-13,15,19-20H2,1-3H3. The second-order valence-corrected chi connectivity index (χ2v) is 7.41. The van der Waals surface area contributed by atoms with E-state index in [-0.39, 0.29) is 0 Å². The number of anilines is 1. The number of unbranched alkanes of at least 4 members (excludes halogenated alkanes) is 1. The maximum Gasteiger partial charge on any atom is 0.0398 e. The summed E-state index contributed by atoms with van der Waals surface area (Å²) in [6, 6.07) is 15.9. The van der Waals surface area contributed by atoms with E-state index in [0.29, 0.717) is 0 Å². The molecule has 0 heterocycles. The maximum absolute atomic E-state index is 4.05. The second-order valence-electron chi connectivity index (χ2n) is 7.41. The van der Waals surface area contributed by atoms with Crippen LogP contribution in [0.15, 0.2) is 49.0 Å². The third-order valence-electron chi connectivity index (χ3n) is 5.33. The maximum atomic E-state index is 4.05. The molecule has 0 amide bonds. The molecule has 0 aromatic heterocycles. The van der Waals surface area contributed by atoms with Crippen LogP contribution >= 0.6 is 0 Å². The van der Waals surface area contributed by atoms with Crippen molar-refractivity contribution in [1.29, 1.82) is 0 Å². The summed E-state index contributed by atoms with van der Waals surface area (Å²) in [5, 5.41) is 0. The first-order chi connectivity index (χ1) is 13.2. The fourth-order valence-corrected chi connectivity index (χ4v) is 3.80. The summed E-state index contributed by atoms with van der Waals surface area (Å²) in [5.41, 5.74) is 7.07. The van der Waals surface area contributed by atoms with Gasteiger partial charge in [0.1, 0.15) is 0 Å². The normalized spacial score (nSPS) is 10.8. The van der Waals surface area contributed by atoms with Gasteiger partial charge < -0.3 is 4.90 Å². The number of rotatable bonds is 12. The average Bonchev–Trinajstić information content (AvgIpc) is 2.72. The Bertz CT molecular complexity index is 701. The van der Waals surface area contributed by atoms with E-state index in [0.717, 1.165) is 25.9 Å². The van der Waals surface area contributed by atoms with E-state index in [4.69, 9.17) is 0 Å². The van der Waals surface area contributed by atoms with Crippen molar-refractivity contribution < 1.29 is 0 Å². The highest BCUT2D eigenvalue weighted by atomic mass is 15.1. The van der Waals surface area contributed by atoms with Gasteiger partial charge in [0.15, 0.2) is 0 Å². The van der Waals surface area contributed by atoms with Crippen molar-refractivity contribution >= 4 is 11.8 Å². The molecule has 2 rings (SSSR count). The molecule has 0 spiro atoms. The highest BCUT2D eigenvalue weighted by Gasteiger charge is 2.10. The number of benzene rings is 2. The van der Waals surface area contributed by atoms with Crippen molar-refractivity contribution in [2.75, 3.05) is 18.0 Å². The van der Waals surface area contributed by atoms with Crippen molar-refractivity contribution in [3.8, 4) is 0 Å². The Kier molecular flexibility index (Phi) is 9.18. The smallest absolute Gasteiger partial charge is 0.0398 e. The highest BCUT2D eigenvalue weighted by Crippen LogP contribution is 2.23. The highest BCUT2D eigenvalue weighted by molar-refractivity contribution is 5.55. The lowest BCUT2D eigenvalue weighted by Crippen LogP contribution is -2.26. The van der Waals surface area contributed by atoms with E-state index >= 15 is 0 Å². The molecule has 0 atom stereocenters. The SMILES string of the molecule is C=Cc1cc(CCCC)ccc1CCCN(CCC)c1ccccc1CC. The van der Waals surface area contributed by atoms with Crippen LogP contribution in [0.5, 0.6) is 0 Å². The van der Waals surface area contributed by atoms with Crippen molar-refractivity contribution in [3.63, 3.8) is 0 Å². The molecular formula is C26H37N. The molecule has 0 aliphatic carbocycles. The third kappa shape index (κ3) is 6.27. The van der Waals surface area contributed by atoms with Gasteiger partial charge in [-0.3, -0.25) is 0 Å². The predicted octanol–water partition coefficient (Wildman–Crippen LogP) is 7.08. The Balaban J connectivity index is 2.03. The first-order valence-corrected chi connectivity index (χ1v) is 10.8. The molecule has 0 aliphatic rings. The minimum atomic E-state index is 1.09. The zero-order chi connectivity index (χ0) is 19.5. The minimum Gasteiger partial charge on any atom is -0.371 e. The van der Waals surface area contributed by atoms with Crippen LogP contribution < -0.4 is 4.90 Å². The summed E-state index contributed by atoms with van der Waals surface area (Å²) in [6.07, 6.45) is 10.3. The molecule has 0 bridgehead atoms. The van der Waals surface area contributed by atoms with Crippen molar-refractivity contribution in [2.24, 2.45) is 0 Å². The van der Waals surface area contributed by atoms with Gasteiger partial charge >= 0.3 is 0 Å². The Morgan fingerprint density at radius 1 is 0.852 bits per heavy atom. The van der Waals surface area contributed by atoms with Crippen LogP contribution in [-0.2, 0) is 19.3 Å². The number of nitrogens with zero attached hydrogens (tertiary/aromatic N) is 1. The molecule has 0 fully saturated rings. The van der Waals surface area contributed by atoms with Gasteiger partial charge in [0.2, 0.25) is 0 Å².